The molecule has 0 atom stereocenters. The van der Waals surface area contributed by atoms with E-state index in [1.165, 1.54) is 0 Å². The molecular weight excluding hydrogens is 428 g/mol. The second kappa shape index (κ2) is 9.91. The molecule has 1 aromatic heterocycles. The molecule has 0 spiro atoms. The summed E-state index contributed by atoms with van der Waals surface area (Å²) in [6, 6.07) is 14.6. The Kier molecular flexibility index (Phi) is 7.25. The van der Waals surface area contributed by atoms with E-state index in [9.17, 15) is 9.59 Å². The van der Waals surface area contributed by atoms with E-state index < -0.39 is 17.7 Å². The van der Waals surface area contributed by atoms with Crippen LogP contribution in [0.3, 0.4) is 0 Å². The first-order valence-corrected chi connectivity index (χ1v) is 11.4. The molecule has 1 amide bonds. The number of esters is 1. The van der Waals surface area contributed by atoms with Gasteiger partial charge in [-0.1, -0.05) is 12.1 Å². The third-order valence-electron chi connectivity index (χ3n) is 4.21. The lowest BCUT2D eigenvalue weighted by Crippen LogP contribution is -2.27. The summed E-state index contributed by atoms with van der Waals surface area (Å²) in [5.41, 5.74) is 1.49. The van der Waals surface area contributed by atoms with E-state index in [1.54, 1.807) is 63.7 Å². The molecule has 0 aliphatic carbocycles. The van der Waals surface area contributed by atoms with Crippen LogP contribution in [0.4, 0.5) is 10.5 Å². The highest BCUT2D eigenvalue weighted by molar-refractivity contribution is 7.98. The lowest BCUT2D eigenvalue weighted by atomic mass is 10.1. The zero-order valence-electron chi connectivity index (χ0n) is 18.7. The lowest BCUT2D eigenvalue weighted by molar-refractivity contribution is 0.0519. The molecule has 0 bridgehead atoms. The van der Waals surface area contributed by atoms with Crippen molar-refractivity contribution in [3.8, 4) is 22.8 Å². The van der Waals surface area contributed by atoms with Gasteiger partial charge in [0, 0.05) is 21.7 Å². The van der Waals surface area contributed by atoms with Crippen molar-refractivity contribution in [1.82, 2.24) is 4.98 Å². The third-order valence-corrected chi connectivity index (χ3v) is 4.93. The second-order valence-electron chi connectivity index (χ2n) is 7.85. The Morgan fingerprint density at radius 3 is 2.44 bits per heavy atom. The largest absolute Gasteiger partial charge is 0.461 e. The van der Waals surface area contributed by atoms with E-state index in [-0.39, 0.29) is 18.2 Å². The molecule has 0 radical (unpaired) electrons. The average molecular weight is 455 g/mol. The van der Waals surface area contributed by atoms with Crippen LogP contribution in [-0.2, 0) is 9.47 Å². The molecule has 3 rings (SSSR count). The number of hydrogen-bond donors (Lipinski definition) is 1. The summed E-state index contributed by atoms with van der Waals surface area (Å²) in [4.78, 5) is 29.9. The van der Waals surface area contributed by atoms with Crippen molar-refractivity contribution in [3.05, 3.63) is 54.2 Å². The number of thioether (sulfide) groups is 1. The molecule has 32 heavy (non-hydrogen) atoms. The molecule has 0 unspecified atom stereocenters. The fourth-order valence-electron chi connectivity index (χ4n) is 2.86. The summed E-state index contributed by atoms with van der Waals surface area (Å²) in [5, 5.41) is 2.68. The summed E-state index contributed by atoms with van der Waals surface area (Å²) < 4.78 is 16.4. The van der Waals surface area contributed by atoms with Crippen molar-refractivity contribution in [2.45, 2.75) is 38.2 Å². The van der Waals surface area contributed by atoms with Crippen LogP contribution in [0.5, 0.6) is 0 Å². The summed E-state index contributed by atoms with van der Waals surface area (Å²) >= 11 is 1.59. The molecule has 2 aromatic carbocycles. The van der Waals surface area contributed by atoms with Gasteiger partial charge in [-0.15, -0.1) is 11.8 Å². The zero-order chi connectivity index (χ0) is 23.3. The summed E-state index contributed by atoms with van der Waals surface area (Å²) in [6.45, 7) is 7.36. The van der Waals surface area contributed by atoms with Crippen molar-refractivity contribution >= 4 is 29.5 Å². The fourth-order valence-corrected chi connectivity index (χ4v) is 3.32. The van der Waals surface area contributed by atoms with Crippen molar-refractivity contribution in [1.29, 1.82) is 0 Å². The first kappa shape index (κ1) is 23.4. The summed E-state index contributed by atoms with van der Waals surface area (Å²) in [6.07, 6.45) is 1.44. The number of aromatic nitrogens is 1. The highest BCUT2D eigenvalue weighted by Crippen LogP contribution is 2.32. The molecule has 0 saturated heterocycles. The van der Waals surface area contributed by atoms with E-state index in [1.807, 2.05) is 30.5 Å². The van der Waals surface area contributed by atoms with Gasteiger partial charge in [-0.25, -0.2) is 14.6 Å². The van der Waals surface area contributed by atoms with Gasteiger partial charge in [0.15, 0.2) is 11.5 Å². The maximum atomic E-state index is 12.5. The minimum Gasteiger partial charge on any atom is -0.461 e. The maximum absolute atomic E-state index is 12.5. The average Bonchev–Trinajstić information content (AvgIpc) is 3.19. The number of rotatable bonds is 6. The fraction of sp³-hybridized carbons (Fsp3) is 0.292. The van der Waals surface area contributed by atoms with Crippen LogP contribution in [0.25, 0.3) is 22.8 Å². The smallest absolute Gasteiger partial charge is 0.412 e. The molecule has 1 heterocycles. The van der Waals surface area contributed by atoms with E-state index >= 15 is 0 Å². The second-order valence-corrected chi connectivity index (χ2v) is 8.73. The topological polar surface area (TPSA) is 90.7 Å². The van der Waals surface area contributed by atoms with Gasteiger partial charge in [-0.3, -0.25) is 5.32 Å². The number of nitrogens with one attached hydrogen (secondary N) is 1. The Morgan fingerprint density at radius 2 is 1.81 bits per heavy atom. The predicted octanol–water partition coefficient (Wildman–Crippen LogP) is 6.25. The molecule has 3 aromatic rings. The minimum atomic E-state index is -0.588. The van der Waals surface area contributed by atoms with E-state index in [2.05, 4.69) is 10.3 Å². The Bertz CT molecular complexity index is 1100. The van der Waals surface area contributed by atoms with Crippen LogP contribution in [-0.4, -0.2) is 35.5 Å². The molecular formula is C24H26N2O5S. The normalized spacial score (nSPS) is 11.2. The van der Waals surface area contributed by atoms with Gasteiger partial charge in [0.1, 0.15) is 5.60 Å². The molecule has 0 aliphatic rings. The first-order chi connectivity index (χ1) is 15.2. The standard InChI is InChI=1S/C24H26N2O5S/c1-6-29-22(27)19-20(16-8-7-9-18(14-16)32-5)30-21(26-19)15-10-12-17(13-11-15)25-23(28)31-24(2,3)4/h7-14H,6H2,1-5H3,(H,25,28). The minimum absolute atomic E-state index is 0.121. The Morgan fingerprint density at radius 1 is 1.09 bits per heavy atom. The van der Waals surface area contributed by atoms with Crippen LogP contribution >= 0.6 is 11.8 Å². The van der Waals surface area contributed by atoms with Gasteiger partial charge in [-0.05, 0) is 70.3 Å². The monoisotopic (exact) mass is 454 g/mol. The molecule has 0 fully saturated rings. The van der Waals surface area contributed by atoms with E-state index in [4.69, 9.17) is 13.9 Å². The van der Waals surface area contributed by atoms with Crippen LogP contribution in [0.1, 0.15) is 38.2 Å². The van der Waals surface area contributed by atoms with Crippen molar-refractivity contribution in [2.75, 3.05) is 18.2 Å². The summed E-state index contributed by atoms with van der Waals surface area (Å²) in [5.74, 6) is 0.0852. The number of nitrogens with zero attached hydrogens (tertiary/aromatic N) is 1. The number of carbonyl (C=O) groups is 2. The molecule has 0 saturated carbocycles. The molecule has 0 aliphatic heterocycles. The highest BCUT2D eigenvalue weighted by Gasteiger charge is 2.24. The van der Waals surface area contributed by atoms with Crippen LogP contribution in [0.2, 0.25) is 0 Å². The number of ether oxygens (including phenoxy) is 2. The molecule has 8 heteroatoms. The maximum Gasteiger partial charge on any atom is 0.412 e. The van der Waals surface area contributed by atoms with Gasteiger partial charge in [0.25, 0.3) is 0 Å². The van der Waals surface area contributed by atoms with E-state index in [0.29, 0.717) is 17.0 Å². The predicted molar refractivity (Wildman–Crippen MR) is 125 cm³/mol. The first-order valence-electron chi connectivity index (χ1n) is 10.1. The Hall–Kier alpha value is -3.26. The van der Waals surface area contributed by atoms with Crippen LogP contribution in [0.15, 0.2) is 57.8 Å². The highest BCUT2D eigenvalue weighted by atomic mass is 32.2. The van der Waals surface area contributed by atoms with Gasteiger partial charge < -0.3 is 13.9 Å². The van der Waals surface area contributed by atoms with Crippen molar-refractivity contribution in [2.24, 2.45) is 0 Å². The number of anilines is 1. The quantitative estimate of drug-likeness (QED) is 0.347. The SMILES string of the molecule is CCOC(=O)c1nc(-c2ccc(NC(=O)OC(C)(C)C)cc2)oc1-c1cccc(SC)c1. The number of hydrogen-bond acceptors (Lipinski definition) is 7. The Balaban J connectivity index is 1.91. The van der Waals surface area contributed by atoms with Crippen LogP contribution in [0, 0.1) is 0 Å². The number of oxazole rings is 1. The van der Waals surface area contributed by atoms with Crippen LogP contribution < -0.4 is 5.32 Å². The van der Waals surface area contributed by atoms with Crippen molar-refractivity contribution < 1.29 is 23.5 Å². The zero-order valence-corrected chi connectivity index (χ0v) is 19.5. The number of benzene rings is 2. The van der Waals surface area contributed by atoms with Gasteiger partial charge >= 0.3 is 12.1 Å². The third kappa shape index (κ3) is 5.91. The molecule has 1 N–H and O–H groups in total. The number of carbonyl (C=O) groups excluding carboxylic acids is 2. The Labute approximate surface area is 191 Å². The lowest BCUT2D eigenvalue weighted by Gasteiger charge is -2.19. The molecule has 7 nitrogen and oxygen atoms in total. The number of amides is 1. The van der Waals surface area contributed by atoms with Gasteiger partial charge in [0.2, 0.25) is 5.89 Å². The van der Waals surface area contributed by atoms with E-state index in [0.717, 1.165) is 10.5 Å². The van der Waals surface area contributed by atoms with Gasteiger partial charge in [0.05, 0.1) is 6.61 Å². The van der Waals surface area contributed by atoms with Crippen molar-refractivity contribution in [3.63, 3.8) is 0 Å². The summed E-state index contributed by atoms with van der Waals surface area (Å²) in [7, 11) is 0. The van der Waals surface area contributed by atoms with Gasteiger partial charge in [-0.2, -0.15) is 0 Å². The molecule has 168 valence electrons.